The number of carbonyl (C=O) groups excluding carboxylic acids is 1. The van der Waals surface area contributed by atoms with E-state index in [-0.39, 0.29) is 37.5 Å². The molecule has 416 valence electrons. The second-order valence-electron chi connectivity index (χ2n) is 20.1. The summed E-state index contributed by atoms with van der Waals surface area (Å²) in [5.41, 5.74) is 36.6. The van der Waals surface area contributed by atoms with Crippen LogP contribution in [0.25, 0.3) is 10.9 Å². The van der Waals surface area contributed by atoms with Gasteiger partial charge in [-0.25, -0.2) is 9.18 Å². The Morgan fingerprint density at radius 1 is 0.747 bits per heavy atom. The van der Waals surface area contributed by atoms with E-state index >= 15 is 4.39 Å². The highest BCUT2D eigenvalue weighted by atomic mass is 19.1. The third-order valence-electron chi connectivity index (χ3n) is 15.0. The van der Waals surface area contributed by atoms with Crippen molar-refractivity contribution in [2.24, 2.45) is 34.4 Å². The summed E-state index contributed by atoms with van der Waals surface area (Å²) in [5, 5.41) is 86.2. The number of hydrogen-bond acceptors (Lipinski definition) is 25. The zero-order chi connectivity index (χ0) is 53.7. The van der Waals surface area contributed by atoms with Crippen molar-refractivity contribution < 1.29 is 78.1 Å². The second-order valence-corrected chi connectivity index (χ2v) is 20.1. The SMILES string of the molecule is NC[C@@H]1O[C@H](O[C@H]2[C@@H](O)[C@H](O[C@@H]3[C@@H](O)[C@H](N)C[C@H](N)[C@H]3O[C@H]3O[C@H](CN)[C@@H](O)[C@H](O)[C@H]3N)O[C@@H]2C(=O)NCc2cn(CCN3CCN(c4cc5c(cc4F)c(=O)c(C(=O)O)cn5C4CC4)CC3)nn2)[C@H](N)[C@@H](O)[C@@H]1O. The van der Waals surface area contributed by atoms with Crippen molar-refractivity contribution >= 4 is 28.5 Å². The lowest BCUT2D eigenvalue weighted by Crippen LogP contribution is -2.68. The molecule has 0 bridgehead atoms. The highest BCUT2D eigenvalue weighted by Gasteiger charge is 2.56. The fraction of sp³-hybridized carbons (Fsp3) is 0.711. The van der Waals surface area contributed by atoms with Gasteiger partial charge in [-0.3, -0.25) is 19.2 Å². The first-order valence-electron chi connectivity index (χ1n) is 25.0. The molecule has 6 fully saturated rings. The number of rotatable bonds is 17. The van der Waals surface area contributed by atoms with Crippen molar-refractivity contribution in [2.45, 2.75) is 155 Å². The lowest BCUT2D eigenvalue weighted by atomic mass is 9.84. The molecule has 2 aliphatic carbocycles. The molecule has 2 aromatic heterocycles. The fourth-order valence-corrected chi connectivity index (χ4v) is 10.4. The van der Waals surface area contributed by atoms with Gasteiger partial charge < -0.3 is 113 Å². The van der Waals surface area contributed by atoms with Crippen LogP contribution < -0.4 is 50.0 Å². The summed E-state index contributed by atoms with van der Waals surface area (Å²) in [4.78, 5) is 42.9. The Labute approximate surface area is 427 Å². The first-order valence-corrected chi connectivity index (χ1v) is 25.0. The van der Waals surface area contributed by atoms with Crippen LogP contribution in [-0.2, 0) is 46.3 Å². The van der Waals surface area contributed by atoms with Crippen molar-refractivity contribution in [1.82, 2.24) is 29.8 Å². The molecule has 20 N–H and O–H groups in total. The van der Waals surface area contributed by atoms with Gasteiger partial charge in [-0.1, -0.05) is 5.21 Å². The molecular formula is C45H68FN13O16. The van der Waals surface area contributed by atoms with Crippen molar-refractivity contribution in [3.63, 3.8) is 0 Å². The van der Waals surface area contributed by atoms with Gasteiger partial charge in [-0.05, 0) is 31.4 Å². The van der Waals surface area contributed by atoms with Gasteiger partial charge in [0.2, 0.25) is 5.43 Å². The van der Waals surface area contributed by atoms with Crippen LogP contribution >= 0.6 is 0 Å². The van der Waals surface area contributed by atoms with Gasteiger partial charge in [0.15, 0.2) is 25.0 Å². The molecule has 6 heterocycles. The monoisotopic (exact) mass is 1070 g/mol. The molecular weight excluding hydrogens is 998 g/mol. The number of aliphatic hydroxyl groups excluding tert-OH is 6. The number of aromatic nitrogens is 4. The van der Waals surface area contributed by atoms with E-state index in [1.807, 2.05) is 4.90 Å². The number of aliphatic hydroxyl groups is 6. The van der Waals surface area contributed by atoms with Crippen molar-refractivity contribution in [3.05, 3.63) is 51.8 Å². The summed E-state index contributed by atoms with van der Waals surface area (Å²) in [6.07, 6.45) is -18.0. The minimum absolute atomic E-state index is 0.00205. The Hall–Kier alpha value is -4.52. The highest BCUT2D eigenvalue weighted by Crippen LogP contribution is 2.39. The number of fused-ring (bicyclic) bond motifs is 1. The predicted molar refractivity (Wildman–Crippen MR) is 255 cm³/mol. The van der Waals surface area contributed by atoms with Crippen LogP contribution in [0.2, 0.25) is 0 Å². The van der Waals surface area contributed by atoms with Gasteiger partial charge >= 0.3 is 5.97 Å². The number of ether oxygens (including phenoxy) is 6. The Balaban J connectivity index is 0.841. The van der Waals surface area contributed by atoms with Crippen molar-refractivity contribution in [3.8, 4) is 0 Å². The molecule has 75 heavy (non-hydrogen) atoms. The number of carbonyl (C=O) groups is 2. The van der Waals surface area contributed by atoms with Gasteiger partial charge in [0.25, 0.3) is 5.91 Å². The van der Waals surface area contributed by atoms with Crippen LogP contribution in [0.1, 0.15) is 41.4 Å². The minimum Gasteiger partial charge on any atom is -0.477 e. The molecule has 3 aromatic rings. The van der Waals surface area contributed by atoms with E-state index in [4.69, 9.17) is 62.8 Å². The van der Waals surface area contributed by atoms with Crippen LogP contribution in [0.3, 0.4) is 0 Å². The third kappa shape index (κ3) is 11.3. The molecule has 29 nitrogen and oxygen atoms in total. The second kappa shape index (κ2) is 22.8. The Bertz CT molecular complexity index is 2550. The average molecular weight is 1070 g/mol. The van der Waals surface area contributed by atoms with E-state index in [1.165, 1.54) is 6.20 Å². The number of carboxylic acids is 1. The third-order valence-corrected chi connectivity index (χ3v) is 15.0. The van der Waals surface area contributed by atoms with E-state index in [9.17, 15) is 50.1 Å². The van der Waals surface area contributed by atoms with Crippen LogP contribution in [-0.4, -0.2) is 234 Å². The number of anilines is 1. The van der Waals surface area contributed by atoms with Crippen LogP contribution in [0.15, 0.2) is 29.3 Å². The minimum atomic E-state index is -1.86. The summed E-state index contributed by atoms with van der Waals surface area (Å²) in [6, 6.07) is -1.88. The molecule has 0 unspecified atom stereocenters. The maximum atomic E-state index is 15.6. The van der Waals surface area contributed by atoms with Gasteiger partial charge in [0, 0.05) is 75.5 Å². The van der Waals surface area contributed by atoms with Crippen molar-refractivity contribution in [2.75, 3.05) is 50.7 Å². The number of nitrogens with zero attached hydrogens (tertiary/aromatic N) is 6. The maximum Gasteiger partial charge on any atom is 0.341 e. The fourth-order valence-electron chi connectivity index (χ4n) is 10.4. The number of halogens is 1. The van der Waals surface area contributed by atoms with E-state index in [0.717, 1.165) is 18.9 Å². The van der Waals surface area contributed by atoms with E-state index in [0.29, 0.717) is 56.2 Å². The summed E-state index contributed by atoms with van der Waals surface area (Å²) < 4.78 is 54.9. The molecule has 1 aromatic carbocycles. The number of carboxylic acid groups (broad SMARTS) is 1. The lowest BCUT2D eigenvalue weighted by molar-refractivity contribution is -0.306. The number of amides is 1. The van der Waals surface area contributed by atoms with Crippen LogP contribution in [0.5, 0.6) is 0 Å². The zero-order valence-corrected chi connectivity index (χ0v) is 40.7. The predicted octanol–water partition coefficient (Wildman–Crippen LogP) is -7.67. The van der Waals surface area contributed by atoms with E-state index < -0.39 is 145 Å². The first-order chi connectivity index (χ1) is 35.8. The highest BCUT2D eigenvalue weighted by molar-refractivity contribution is 5.93. The topological polar surface area (TPSA) is 458 Å². The summed E-state index contributed by atoms with van der Waals surface area (Å²) >= 11 is 0. The normalized spacial score (nSPS) is 37.8. The molecule has 6 aliphatic rings. The molecule has 0 spiro atoms. The lowest BCUT2D eigenvalue weighted by Gasteiger charge is -2.47. The number of nitrogens with two attached hydrogens (primary N) is 6. The Kier molecular flexibility index (Phi) is 16.8. The molecule has 0 radical (unpaired) electrons. The summed E-state index contributed by atoms with van der Waals surface area (Å²) in [7, 11) is 0. The molecule has 19 atom stereocenters. The quantitative estimate of drug-likeness (QED) is 0.0597. The summed E-state index contributed by atoms with van der Waals surface area (Å²) in [5.74, 6) is -2.83. The van der Waals surface area contributed by atoms with Gasteiger partial charge in [0.05, 0.1) is 48.7 Å². The summed E-state index contributed by atoms with van der Waals surface area (Å²) in [6.45, 7) is 2.32. The number of pyridine rings is 1. The van der Waals surface area contributed by atoms with Crippen LogP contribution in [0, 0.1) is 5.82 Å². The molecule has 4 saturated heterocycles. The Morgan fingerprint density at radius 3 is 1.96 bits per heavy atom. The van der Waals surface area contributed by atoms with Crippen LogP contribution in [0.4, 0.5) is 10.1 Å². The smallest absolute Gasteiger partial charge is 0.341 e. The maximum absolute atomic E-state index is 15.6. The number of benzene rings is 1. The molecule has 2 saturated carbocycles. The first kappa shape index (κ1) is 55.2. The van der Waals surface area contributed by atoms with E-state index in [1.54, 1.807) is 21.5 Å². The Morgan fingerprint density at radius 2 is 1.36 bits per heavy atom. The van der Waals surface area contributed by atoms with Gasteiger partial charge in [-0.2, -0.15) is 0 Å². The average Bonchev–Trinajstić information content (AvgIpc) is 4.06. The number of hydrogen-bond donors (Lipinski definition) is 14. The molecule has 30 heteroatoms. The van der Waals surface area contributed by atoms with Gasteiger partial charge in [-0.15, -0.1) is 5.10 Å². The standard InChI is InChI=1S/C45H68FN13O16/c46-21-9-19-24(59(18-1-2-18)16-20(30(19)60)42(68)69)11-25(21)57-6-3-56(4-7-57)5-8-58-15-17(54-55-58)14-53-41(67)40-39(73-44-29(52)35(65)33(63)27(13-48)71-44)36(66)45(75-40)74-38-31(61)22(49)10-23(50)37(38)72-43-28(51)34(64)32(62)26(12-47)70-43/h9,11,15-16,18,22-23,26-29,31-40,43-45,61-66H,1-8,10,12-14,47-52H2,(H,53,67)(H,68,69)/t22-,23+,26-,27+,28-,29-,31+,32-,33-,34-,35-,36-,37-,38-,39+,40+,43-,44-,45-/m1/s1. The molecule has 4 aliphatic heterocycles. The van der Waals surface area contributed by atoms with E-state index in [2.05, 4.69) is 20.5 Å². The van der Waals surface area contributed by atoms with Crippen molar-refractivity contribution in [1.29, 1.82) is 0 Å². The molecule has 9 rings (SSSR count). The number of aromatic carboxylic acids is 1. The number of piperazine rings is 1. The largest absolute Gasteiger partial charge is 0.477 e. The van der Waals surface area contributed by atoms with Gasteiger partial charge in [0.1, 0.15) is 78.1 Å². The molecule has 1 amide bonds. The zero-order valence-electron chi connectivity index (χ0n) is 40.7. The number of nitrogens with one attached hydrogen (secondary N) is 1.